The second kappa shape index (κ2) is 6.02. The number of aliphatic hydroxyl groups excluding tert-OH is 1. The molecule has 0 atom stereocenters. The van der Waals surface area contributed by atoms with Gasteiger partial charge in [-0.2, -0.15) is 9.40 Å². The van der Waals surface area contributed by atoms with Gasteiger partial charge in [0.2, 0.25) is 10.0 Å². The fourth-order valence-electron chi connectivity index (χ4n) is 2.63. The quantitative estimate of drug-likeness (QED) is 0.866. The van der Waals surface area contributed by atoms with Gasteiger partial charge >= 0.3 is 0 Å². The highest BCUT2D eigenvalue weighted by Crippen LogP contribution is 2.27. The van der Waals surface area contributed by atoms with Crippen LogP contribution < -0.4 is 0 Å². The van der Waals surface area contributed by atoms with Gasteiger partial charge in [0.15, 0.2) is 0 Å². The summed E-state index contributed by atoms with van der Waals surface area (Å²) in [6.45, 7) is -0.00210. The largest absolute Gasteiger partial charge is 0.395 e. The van der Waals surface area contributed by atoms with E-state index in [1.165, 1.54) is 21.4 Å². The number of hydrogen-bond donors (Lipinski definition) is 1. The second-order valence-electron chi connectivity index (χ2n) is 4.98. The number of aryl methyl sites for hydroxylation is 1. The minimum atomic E-state index is -3.55. The molecule has 0 aliphatic heterocycles. The topological polar surface area (TPSA) is 75.4 Å². The second-order valence-corrected chi connectivity index (χ2v) is 6.87. The number of aromatic nitrogens is 2. The first-order valence-electron chi connectivity index (χ1n) is 6.67. The van der Waals surface area contributed by atoms with E-state index in [4.69, 9.17) is 5.11 Å². The smallest absolute Gasteiger partial charge is 0.246 e. The fraction of sp³-hybridized carbons (Fsp3) is 0.750. The van der Waals surface area contributed by atoms with Crippen molar-refractivity contribution in [1.82, 2.24) is 14.1 Å². The van der Waals surface area contributed by atoms with E-state index in [9.17, 15) is 8.42 Å². The van der Waals surface area contributed by atoms with E-state index in [1.54, 1.807) is 7.05 Å². The van der Waals surface area contributed by atoms with Gasteiger partial charge < -0.3 is 5.11 Å². The first-order chi connectivity index (χ1) is 9.05. The molecule has 108 valence electrons. The maximum Gasteiger partial charge on any atom is 0.246 e. The van der Waals surface area contributed by atoms with E-state index in [-0.39, 0.29) is 24.1 Å². The van der Waals surface area contributed by atoms with Crippen molar-refractivity contribution in [3.8, 4) is 0 Å². The number of nitrogens with zero attached hydrogens (tertiary/aromatic N) is 3. The number of aliphatic hydroxyl groups is 1. The Morgan fingerprint density at radius 2 is 2.11 bits per heavy atom. The molecule has 19 heavy (non-hydrogen) atoms. The highest BCUT2D eigenvalue weighted by molar-refractivity contribution is 7.89. The van der Waals surface area contributed by atoms with Gasteiger partial charge in [0.05, 0.1) is 12.8 Å². The summed E-state index contributed by atoms with van der Waals surface area (Å²) in [5.41, 5.74) is 0. The fourth-order valence-corrected chi connectivity index (χ4v) is 4.30. The van der Waals surface area contributed by atoms with Crippen LogP contribution in [0.15, 0.2) is 17.3 Å². The zero-order valence-corrected chi connectivity index (χ0v) is 12.0. The van der Waals surface area contributed by atoms with Gasteiger partial charge in [-0.3, -0.25) is 4.68 Å². The van der Waals surface area contributed by atoms with Crippen molar-refractivity contribution in [3.63, 3.8) is 0 Å². The van der Waals surface area contributed by atoms with Crippen molar-refractivity contribution < 1.29 is 13.5 Å². The van der Waals surface area contributed by atoms with Crippen LogP contribution in [-0.2, 0) is 17.1 Å². The lowest BCUT2D eigenvalue weighted by molar-refractivity contribution is 0.199. The van der Waals surface area contributed by atoms with Crippen LogP contribution in [0.25, 0.3) is 0 Å². The summed E-state index contributed by atoms with van der Waals surface area (Å²) >= 11 is 0. The molecule has 0 radical (unpaired) electrons. The molecule has 0 bridgehead atoms. The van der Waals surface area contributed by atoms with Crippen LogP contribution in [0.2, 0.25) is 0 Å². The van der Waals surface area contributed by atoms with Crippen LogP contribution in [0.4, 0.5) is 0 Å². The molecule has 1 aliphatic rings. The molecule has 0 unspecified atom stereocenters. The summed E-state index contributed by atoms with van der Waals surface area (Å²) in [5, 5.41) is 13.1. The van der Waals surface area contributed by atoms with Crippen molar-refractivity contribution in [2.45, 2.75) is 43.0 Å². The molecule has 6 nitrogen and oxygen atoms in total. The molecule has 1 aromatic heterocycles. The van der Waals surface area contributed by atoms with Crippen LogP contribution in [0.5, 0.6) is 0 Å². The lowest BCUT2D eigenvalue weighted by atomic mass is 9.95. The molecule has 1 aliphatic carbocycles. The Balaban J connectivity index is 2.26. The van der Waals surface area contributed by atoms with Crippen molar-refractivity contribution in [3.05, 3.63) is 12.4 Å². The van der Waals surface area contributed by atoms with Crippen LogP contribution in [0.1, 0.15) is 32.1 Å². The van der Waals surface area contributed by atoms with Crippen molar-refractivity contribution in [2.75, 3.05) is 13.2 Å². The Bertz CT molecular complexity index is 506. The average molecular weight is 287 g/mol. The monoisotopic (exact) mass is 287 g/mol. The van der Waals surface area contributed by atoms with E-state index in [1.807, 2.05) is 0 Å². The molecule has 0 spiro atoms. The highest BCUT2D eigenvalue weighted by Gasteiger charge is 2.32. The van der Waals surface area contributed by atoms with E-state index in [0.29, 0.717) is 0 Å². The molecule has 1 fully saturated rings. The maximum atomic E-state index is 12.6. The predicted octanol–water partition coefficient (Wildman–Crippen LogP) is 0.736. The third-order valence-electron chi connectivity index (χ3n) is 3.59. The summed E-state index contributed by atoms with van der Waals surface area (Å²) in [7, 11) is -1.86. The highest BCUT2D eigenvalue weighted by atomic mass is 32.2. The third kappa shape index (κ3) is 3.16. The summed E-state index contributed by atoms with van der Waals surface area (Å²) < 4.78 is 28.1. The zero-order chi connectivity index (χ0) is 13.9. The Morgan fingerprint density at radius 1 is 1.42 bits per heavy atom. The Hall–Kier alpha value is -0.920. The molecular formula is C12H21N3O3S. The molecule has 1 N–H and O–H groups in total. The van der Waals surface area contributed by atoms with Gasteiger partial charge in [0, 0.05) is 25.8 Å². The van der Waals surface area contributed by atoms with E-state index < -0.39 is 10.0 Å². The molecule has 0 aromatic carbocycles. The number of hydrogen-bond acceptors (Lipinski definition) is 4. The molecule has 2 rings (SSSR count). The van der Waals surface area contributed by atoms with Crippen molar-refractivity contribution in [1.29, 1.82) is 0 Å². The van der Waals surface area contributed by atoms with Crippen LogP contribution in [-0.4, -0.2) is 46.8 Å². The van der Waals surface area contributed by atoms with Gasteiger partial charge in [-0.1, -0.05) is 19.3 Å². The van der Waals surface area contributed by atoms with E-state index in [0.717, 1.165) is 32.1 Å². The van der Waals surface area contributed by atoms with Crippen molar-refractivity contribution >= 4 is 10.0 Å². The molecule has 1 aromatic rings. The molecule has 0 amide bonds. The summed E-state index contributed by atoms with van der Waals surface area (Å²) in [6.07, 6.45) is 7.88. The van der Waals surface area contributed by atoms with E-state index in [2.05, 4.69) is 5.10 Å². The van der Waals surface area contributed by atoms with Gasteiger partial charge in [0.25, 0.3) is 0 Å². The van der Waals surface area contributed by atoms with Gasteiger partial charge in [0.1, 0.15) is 4.90 Å². The Morgan fingerprint density at radius 3 is 2.63 bits per heavy atom. The molecular weight excluding hydrogens is 266 g/mol. The summed E-state index contributed by atoms with van der Waals surface area (Å²) in [6, 6.07) is 0.00565. The summed E-state index contributed by atoms with van der Waals surface area (Å²) in [4.78, 5) is 0.203. The minimum absolute atomic E-state index is 0.00565. The first kappa shape index (κ1) is 14.5. The predicted molar refractivity (Wildman–Crippen MR) is 71.1 cm³/mol. The Kier molecular flexibility index (Phi) is 4.59. The lowest BCUT2D eigenvalue weighted by Crippen LogP contribution is -2.42. The zero-order valence-electron chi connectivity index (χ0n) is 11.2. The van der Waals surface area contributed by atoms with Crippen molar-refractivity contribution in [2.24, 2.45) is 7.05 Å². The Labute approximate surface area is 114 Å². The maximum absolute atomic E-state index is 12.6. The third-order valence-corrected chi connectivity index (χ3v) is 5.49. The van der Waals surface area contributed by atoms with Gasteiger partial charge in [-0.05, 0) is 12.8 Å². The number of rotatable bonds is 5. The summed E-state index contributed by atoms with van der Waals surface area (Å²) in [5.74, 6) is 0. The molecule has 1 heterocycles. The average Bonchev–Trinajstić information content (AvgIpc) is 2.84. The van der Waals surface area contributed by atoms with E-state index >= 15 is 0 Å². The SMILES string of the molecule is Cn1cc(S(=O)(=O)N(CCO)C2CCCCC2)cn1. The van der Waals surface area contributed by atoms with Gasteiger partial charge in [-0.15, -0.1) is 0 Å². The van der Waals surface area contributed by atoms with Crippen LogP contribution in [0, 0.1) is 0 Å². The standard InChI is InChI=1S/C12H21N3O3S/c1-14-10-12(9-13-14)19(17,18)15(7-8-16)11-5-3-2-4-6-11/h9-11,16H,2-8H2,1H3. The molecule has 1 saturated carbocycles. The number of sulfonamides is 1. The molecule has 0 saturated heterocycles. The normalized spacial score (nSPS) is 18.1. The van der Waals surface area contributed by atoms with Gasteiger partial charge in [-0.25, -0.2) is 8.42 Å². The molecule has 7 heteroatoms. The first-order valence-corrected chi connectivity index (χ1v) is 8.11. The minimum Gasteiger partial charge on any atom is -0.395 e. The lowest BCUT2D eigenvalue weighted by Gasteiger charge is -2.32. The van der Waals surface area contributed by atoms with Crippen LogP contribution in [0.3, 0.4) is 0 Å². The van der Waals surface area contributed by atoms with Crippen LogP contribution >= 0.6 is 0 Å².